The van der Waals surface area contributed by atoms with Gasteiger partial charge in [-0.15, -0.1) is 11.8 Å². The van der Waals surface area contributed by atoms with E-state index in [1.54, 1.807) is 11.8 Å². The first kappa shape index (κ1) is 23.8. The van der Waals surface area contributed by atoms with Crippen LogP contribution < -0.4 is 4.90 Å². The fourth-order valence-corrected chi connectivity index (χ4v) is 6.01. The molecule has 0 N–H and O–H groups in total. The number of aryl methyl sites for hydroxylation is 4. The van der Waals surface area contributed by atoms with Crippen LogP contribution in [0.5, 0.6) is 0 Å². The maximum atomic E-state index is 13.4. The first-order valence-corrected chi connectivity index (χ1v) is 13.1. The smallest absolute Gasteiger partial charge is 0.229 e. The SMILES string of the molecule is Cc1ccc(SCCC(=O)N(CCn2nc(C)cc2C)c2nc3c(C)cc(Cl)cc3s2)cc1. The third-order valence-corrected chi connectivity index (χ3v) is 7.67. The third-order valence-electron chi connectivity index (χ3n) is 5.42. The summed E-state index contributed by atoms with van der Waals surface area (Å²) in [5, 5.41) is 5.95. The molecule has 1 amide bonds. The standard InChI is InChI=1S/C25H27ClN4OS2/c1-16-5-7-21(8-6-16)32-12-9-23(31)29(10-11-30-19(4)14-18(3)28-30)25-27-24-17(2)13-20(26)15-22(24)33-25/h5-8,13-15H,9-12H2,1-4H3. The summed E-state index contributed by atoms with van der Waals surface area (Å²) in [7, 11) is 0. The minimum Gasteiger partial charge on any atom is -0.286 e. The third kappa shape index (κ3) is 5.78. The number of carbonyl (C=O) groups excluding carboxylic acids is 1. The number of aromatic nitrogens is 3. The lowest BCUT2D eigenvalue weighted by atomic mass is 10.2. The van der Waals surface area contributed by atoms with E-state index in [9.17, 15) is 4.79 Å². The molecule has 4 aromatic rings. The van der Waals surface area contributed by atoms with Crippen molar-refractivity contribution in [2.45, 2.75) is 45.6 Å². The van der Waals surface area contributed by atoms with Crippen molar-refractivity contribution in [2.75, 3.05) is 17.2 Å². The van der Waals surface area contributed by atoms with Crippen LogP contribution in [-0.2, 0) is 11.3 Å². The van der Waals surface area contributed by atoms with Crippen molar-refractivity contribution < 1.29 is 4.79 Å². The first-order chi connectivity index (χ1) is 15.8. The Bertz CT molecular complexity index is 1280. The molecule has 0 unspecified atom stereocenters. The molecular weight excluding hydrogens is 472 g/mol. The summed E-state index contributed by atoms with van der Waals surface area (Å²) in [4.78, 5) is 21.2. The van der Waals surface area contributed by atoms with Gasteiger partial charge in [0.25, 0.3) is 0 Å². The molecule has 0 aliphatic rings. The Hall–Kier alpha value is -2.35. The van der Waals surface area contributed by atoms with Crippen LogP contribution in [0.4, 0.5) is 5.13 Å². The molecule has 0 radical (unpaired) electrons. The van der Waals surface area contributed by atoms with Gasteiger partial charge in [-0.1, -0.05) is 40.6 Å². The number of anilines is 1. The number of nitrogens with zero attached hydrogens (tertiary/aromatic N) is 4. The molecule has 2 heterocycles. The summed E-state index contributed by atoms with van der Waals surface area (Å²) in [5.74, 6) is 0.785. The molecule has 0 aliphatic carbocycles. The lowest BCUT2D eigenvalue weighted by molar-refractivity contribution is -0.118. The fraction of sp³-hybridized carbons (Fsp3) is 0.320. The largest absolute Gasteiger partial charge is 0.286 e. The van der Waals surface area contributed by atoms with Crippen LogP contribution in [0.2, 0.25) is 5.02 Å². The number of carbonyl (C=O) groups is 1. The van der Waals surface area contributed by atoms with Crippen LogP contribution in [0, 0.1) is 27.7 Å². The maximum absolute atomic E-state index is 13.4. The second-order valence-electron chi connectivity index (χ2n) is 8.17. The van der Waals surface area contributed by atoms with Crippen LogP contribution in [0.1, 0.15) is 28.9 Å². The van der Waals surface area contributed by atoms with Gasteiger partial charge in [-0.05, 0) is 63.6 Å². The Balaban J connectivity index is 1.53. The molecule has 0 bridgehead atoms. The number of hydrogen-bond acceptors (Lipinski definition) is 5. The first-order valence-electron chi connectivity index (χ1n) is 10.9. The molecule has 0 fully saturated rings. The minimum absolute atomic E-state index is 0.0685. The van der Waals surface area contributed by atoms with Gasteiger partial charge in [-0.2, -0.15) is 5.10 Å². The van der Waals surface area contributed by atoms with Gasteiger partial charge in [0.2, 0.25) is 5.91 Å². The van der Waals surface area contributed by atoms with Crippen LogP contribution in [0.25, 0.3) is 10.2 Å². The summed E-state index contributed by atoms with van der Waals surface area (Å²) < 4.78 is 2.94. The van der Waals surface area contributed by atoms with Crippen molar-refractivity contribution >= 4 is 56.0 Å². The van der Waals surface area contributed by atoms with Crippen molar-refractivity contribution in [1.29, 1.82) is 0 Å². The second kappa shape index (κ2) is 10.3. The quantitative estimate of drug-likeness (QED) is 0.257. The summed E-state index contributed by atoms with van der Waals surface area (Å²) in [6.45, 7) is 9.22. The fourth-order valence-electron chi connectivity index (χ4n) is 3.71. The number of halogens is 1. The summed E-state index contributed by atoms with van der Waals surface area (Å²) in [6.07, 6.45) is 0.436. The van der Waals surface area contributed by atoms with Gasteiger partial charge < -0.3 is 0 Å². The van der Waals surface area contributed by atoms with Gasteiger partial charge in [0, 0.05) is 34.3 Å². The molecule has 2 aromatic carbocycles. The summed E-state index contributed by atoms with van der Waals surface area (Å²) in [6, 6.07) is 14.3. The zero-order valence-electron chi connectivity index (χ0n) is 19.3. The predicted molar refractivity (Wildman–Crippen MR) is 140 cm³/mol. The molecule has 33 heavy (non-hydrogen) atoms. The monoisotopic (exact) mass is 498 g/mol. The lowest BCUT2D eigenvalue weighted by Gasteiger charge is -2.20. The number of rotatable bonds is 8. The van der Waals surface area contributed by atoms with E-state index in [-0.39, 0.29) is 5.91 Å². The van der Waals surface area contributed by atoms with Gasteiger partial charge in [0.1, 0.15) is 0 Å². The summed E-state index contributed by atoms with van der Waals surface area (Å²) in [5.41, 5.74) is 5.21. The van der Waals surface area contributed by atoms with E-state index in [0.717, 1.165) is 27.2 Å². The van der Waals surface area contributed by atoms with Crippen LogP contribution in [-0.4, -0.2) is 33.0 Å². The predicted octanol–water partition coefficient (Wildman–Crippen LogP) is 6.60. The normalized spacial score (nSPS) is 11.3. The highest BCUT2D eigenvalue weighted by Gasteiger charge is 2.21. The van der Waals surface area contributed by atoms with Gasteiger partial charge in [-0.3, -0.25) is 14.4 Å². The number of benzene rings is 2. The Morgan fingerprint density at radius 2 is 1.88 bits per heavy atom. The highest BCUT2D eigenvalue weighted by atomic mass is 35.5. The molecule has 2 aromatic heterocycles. The highest BCUT2D eigenvalue weighted by Crippen LogP contribution is 2.33. The number of hydrogen-bond donors (Lipinski definition) is 0. The van der Waals surface area contributed by atoms with E-state index < -0.39 is 0 Å². The highest BCUT2D eigenvalue weighted by molar-refractivity contribution is 7.99. The average Bonchev–Trinajstić information content (AvgIpc) is 3.32. The molecule has 4 rings (SSSR count). The number of fused-ring (bicyclic) bond motifs is 1. The maximum Gasteiger partial charge on any atom is 0.229 e. The van der Waals surface area contributed by atoms with Crippen LogP contribution in [0.3, 0.4) is 0 Å². The van der Waals surface area contributed by atoms with E-state index in [0.29, 0.717) is 35.4 Å². The van der Waals surface area contributed by atoms with Gasteiger partial charge in [-0.25, -0.2) is 4.98 Å². The average molecular weight is 499 g/mol. The number of thiazole rings is 1. The van der Waals surface area contributed by atoms with Crippen LogP contribution >= 0.6 is 34.7 Å². The van der Waals surface area contributed by atoms with Crippen molar-refractivity contribution in [1.82, 2.24) is 14.8 Å². The Kier molecular flexibility index (Phi) is 7.41. The van der Waals surface area contributed by atoms with Crippen LogP contribution in [0.15, 0.2) is 47.4 Å². The van der Waals surface area contributed by atoms with E-state index in [1.807, 2.05) is 48.6 Å². The lowest BCUT2D eigenvalue weighted by Crippen LogP contribution is -2.34. The second-order valence-corrected chi connectivity index (χ2v) is 10.8. The van der Waals surface area contributed by atoms with Crippen molar-refractivity contribution in [3.63, 3.8) is 0 Å². The minimum atomic E-state index is 0.0685. The Labute approximate surface area is 207 Å². The summed E-state index contributed by atoms with van der Waals surface area (Å²) >= 11 is 9.47. The molecule has 5 nitrogen and oxygen atoms in total. The van der Waals surface area contributed by atoms with E-state index in [1.165, 1.54) is 21.8 Å². The zero-order chi connectivity index (χ0) is 23.5. The van der Waals surface area contributed by atoms with E-state index in [2.05, 4.69) is 36.3 Å². The molecular formula is C25H27ClN4OS2. The molecule has 0 saturated carbocycles. The molecule has 0 aliphatic heterocycles. The van der Waals surface area contributed by atoms with Gasteiger partial charge >= 0.3 is 0 Å². The topological polar surface area (TPSA) is 51.0 Å². The Morgan fingerprint density at radius 1 is 1.12 bits per heavy atom. The number of thioether (sulfide) groups is 1. The zero-order valence-corrected chi connectivity index (χ0v) is 21.7. The molecule has 8 heteroatoms. The molecule has 0 spiro atoms. The molecule has 0 atom stereocenters. The van der Waals surface area contributed by atoms with E-state index in [4.69, 9.17) is 16.6 Å². The van der Waals surface area contributed by atoms with Gasteiger partial charge in [0.15, 0.2) is 5.13 Å². The van der Waals surface area contributed by atoms with Crippen molar-refractivity contribution in [2.24, 2.45) is 0 Å². The van der Waals surface area contributed by atoms with Gasteiger partial charge in [0.05, 0.1) is 22.5 Å². The Morgan fingerprint density at radius 3 is 2.58 bits per heavy atom. The van der Waals surface area contributed by atoms with Crippen molar-refractivity contribution in [3.8, 4) is 0 Å². The molecule has 172 valence electrons. The number of amides is 1. The van der Waals surface area contributed by atoms with Crippen molar-refractivity contribution in [3.05, 3.63) is 70.0 Å². The molecule has 0 saturated heterocycles. The van der Waals surface area contributed by atoms with E-state index >= 15 is 0 Å².